The fourth-order valence-electron chi connectivity index (χ4n) is 2.50. The first-order valence-electron chi connectivity index (χ1n) is 8.20. The van der Waals surface area contributed by atoms with Crippen LogP contribution in [0.3, 0.4) is 0 Å². The first-order chi connectivity index (χ1) is 12.7. The van der Waals surface area contributed by atoms with Crippen LogP contribution in [0.15, 0.2) is 67.0 Å². The van der Waals surface area contributed by atoms with Crippen molar-refractivity contribution in [3.05, 3.63) is 78.4 Å². The lowest BCUT2D eigenvalue weighted by Gasteiger charge is -2.15. The van der Waals surface area contributed by atoms with Crippen LogP contribution in [-0.4, -0.2) is 21.6 Å². The summed E-state index contributed by atoms with van der Waals surface area (Å²) in [4.78, 5) is 16.6. The lowest BCUT2D eigenvalue weighted by Crippen LogP contribution is -2.36. The minimum absolute atomic E-state index is 0.272. The highest BCUT2D eigenvalue weighted by atomic mass is 16.5. The van der Waals surface area contributed by atoms with E-state index in [0.29, 0.717) is 17.1 Å². The summed E-state index contributed by atoms with van der Waals surface area (Å²) in [6, 6.07) is 18.7. The van der Waals surface area contributed by atoms with Gasteiger partial charge in [-0.3, -0.25) is 4.79 Å². The second-order valence-electron chi connectivity index (χ2n) is 5.63. The lowest BCUT2D eigenvalue weighted by molar-refractivity contribution is -0.127. The summed E-state index contributed by atoms with van der Waals surface area (Å²) in [6.07, 6.45) is 2.81. The number of rotatable bonds is 6. The van der Waals surface area contributed by atoms with E-state index >= 15 is 0 Å². The second kappa shape index (κ2) is 7.99. The third-order valence-electron chi connectivity index (χ3n) is 3.85. The van der Waals surface area contributed by atoms with Crippen molar-refractivity contribution in [2.45, 2.75) is 19.6 Å². The number of amides is 1. The highest BCUT2D eigenvalue weighted by Gasteiger charge is 2.17. The molecule has 0 aliphatic heterocycles. The number of imidazole rings is 1. The Morgan fingerprint density at radius 1 is 1.23 bits per heavy atom. The summed E-state index contributed by atoms with van der Waals surface area (Å²) in [5, 5.41) is 11.9. The fraction of sp³-hybridized carbons (Fsp3) is 0.150. The number of hydrogen-bond acceptors (Lipinski definition) is 4. The molecule has 1 aromatic heterocycles. The maximum Gasteiger partial charge on any atom is 0.261 e. The molecule has 2 aromatic carbocycles. The van der Waals surface area contributed by atoms with Gasteiger partial charge < -0.3 is 14.6 Å². The summed E-state index contributed by atoms with van der Waals surface area (Å²) in [7, 11) is 0. The third-order valence-corrected chi connectivity index (χ3v) is 3.85. The van der Waals surface area contributed by atoms with E-state index in [-0.39, 0.29) is 12.5 Å². The zero-order valence-corrected chi connectivity index (χ0v) is 14.3. The molecule has 1 heterocycles. The van der Waals surface area contributed by atoms with Gasteiger partial charge >= 0.3 is 0 Å². The van der Waals surface area contributed by atoms with Crippen molar-refractivity contribution in [2.75, 3.05) is 0 Å². The van der Waals surface area contributed by atoms with Gasteiger partial charge in [0, 0.05) is 18.1 Å². The molecule has 6 nitrogen and oxygen atoms in total. The van der Waals surface area contributed by atoms with Gasteiger partial charge in [-0.2, -0.15) is 5.26 Å². The van der Waals surface area contributed by atoms with Crippen molar-refractivity contribution < 1.29 is 9.53 Å². The van der Waals surface area contributed by atoms with Crippen LogP contribution >= 0.6 is 0 Å². The SMILES string of the molecule is C[C@H](Oc1ccccc1C#N)C(=O)NCc1nccn1-c1ccccc1. The minimum atomic E-state index is -0.732. The summed E-state index contributed by atoms with van der Waals surface area (Å²) in [5.41, 5.74) is 1.37. The average Bonchev–Trinajstić information content (AvgIpc) is 3.15. The Hall–Kier alpha value is -3.59. The number of carbonyl (C=O) groups excluding carboxylic acids is 1. The second-order valence-corrected chi connectivity index (χ2v) is 5.63. The summed E-state index contributed by atoms with van der Waals surface area (Å²) < 4.78 is 7.53. The highest BCUT2D eigenvalue weighted by Crippen LogP contribution is 2.18. The minimum Gasteiger partial charge on any atom is -0.480 e. The molecule has 0 saturated carbocycles. The van der Waals surface area contributed by atoms with E-state index in [1.165, 1.54) is 0 Å². The number of para-hydroxylation sites is 2. The molecule has 3 rings (SSSR count). The van der Waals surface area contributed by atoms with Gasteiger partial charge in [0.1, 0.15) is 17.6 Å². The molecule has 3 aromatic rings. The zero-order chi connectivity index (χ0) is 18.4. The van der Waals surface area contributed by atoms with Crippen LogP contribution < -0.4 is 10.1 Å². The molecule has 1 atom stereocenters. The number of aromatic nitrogens is 2. The first-order valence-corrected chi connectivity index (χ1v) is 8.20. The molecular formula is C20H18N4O2. The Labute approximate surface area is 151 Å². The Morgan fingerprint density at radius 3 is 2.73 bits per heavy atom. The molecule has 0 radical (unpaired) electrons. The molecule has 1 amide bonds. The van der Waals surface area contributed by atoms with Gasteiger partial charge in [-0.05, 0) is 31.2 Å². The maximum absolute atomic E-state index is 12.3. The van der Waals surface area contributed by atoms with Crippen molar-refractivity contribution in [3.8, 4) is 17.5 Å². The number of ether oxygens (including phenoxy) is 1. The van der Waals surface area contributed by atoms with Crippen LogP contribution in [0.5, 0.6) is 5.75 Å². The highest BCUT2D eigenvalue weighted by molar-refractivity contribution is 5.80. The van der Waals surface area contributed by atoms with E-state index in [0.717, 1.165) is 5.69 Å². The van der Waals surface area contributed by atoms with E-state index in [4.69, 9.17) is 10.00 Å². The first kappa shape index (κ1) is 17.2. The number of hydrogen-bond donors (Lipinski definition) is 1. The average molecular weight is 346 g/mol. The van der Waals surface area contributed by atoms with E-state index in [1.807, 2.05) is 47.2 Å². The van der Waals surface area contributed by atoms with Crippen LogP contribution in [0.4, 0.5) is 0 Å². The number of nitrogens with one attached hydrogen (secondary N) is 1. The molecule has 0 saturated heterocycles. The molecule has 0 aliphatic rings. The van der Waals surface area contributed by atoms with Crippen molar-refractivity contribution >= 4 is 5.91 Å². The molecule has 0 aliphatic carbocycles. The maximum atomic E-state index is 12.3. The fourth-order valence-corrected chi connectivity index (χ4v) is 2.50. The number of nitriles is 1. The number of carbonyl (C=O) groups is 1. The van der Waals surface area contributed by atoms with Gasteiger partial charge in [-0.15, -0.1) is 0 Å². The zero-order valence-electron chi connectivity index (χ0n) is 14.3. The van der Waals surface area contributed by atoms with Crippen LogP contribution in [0.25, 0.3) is 5.69 Å². The van der Waals surface area contributed by atoms with E-state index in [1.54, 1.807) is 37.4 Å². The molecule has 0 spiro atoms. The molecular weight excluding hydrogens is 328 g/mol. The van der Waals surface area contributed by atoms with Crippen LogP contribution in [0, 0.1) is 11.3 Å². The van der Waals surface area contributed by atoms with Gasteiger partial charge in [0.05, 0.1) is 12.1 Å². The molecule has 0 fully saturated rings. The van der Waals surface area contributed by atoms with Crippen molar-refractivity contribution in [2.24, 2.45) is 0 Å². The summed E-state index contributed by atoms with van der Waals surface area (Å²) in [6.45, 7) is 1.92. The Balaban J connectivity index is 1.63. The quantitative estimate of drug-likeness (QED) is 0.744. The van der Waals surface area contributed by atoms with E-state index < -0.39 is 6.10 Å². The smallest absolute Gasteiger partial charge is 0.261 e. The molecule has 6 heteroatoms. The summed E-state index contributed by atoms with van der Waals surface area (Å²) >= 11 is 0. The standard InChI is InChI=1S/C20H18N4O2/c1-15(26-18-10-6-5-7-16(18)13-21)20(25)23-14-19-22-11-12-24(19)17-8-3-2-4-9-17/h2-12,15H,14H2,1H3,(H,23,25)/t15-/m0/s1. The normalized spacial score (nSPS) is 11.4. The van der Waals surface area contributed by atoms with Crippen molar-refractivity contribution in [1.29, 1.82) is 5.26 Å². The van der Waals surface area contributed by atoms with Gasteiger partial charge in [0.15, 0.2) is 6.10 Å². The van der Waals surface area contributed by atoms with Gasteiger partial charge in [0.2, 0.25) is 0 Å². The van der Waals surface area contributed by atoms with Crippen molar-refractivity contribution in [1.82, 2.24) is 14.9 Å². The van der Waals surface area contributed by atoms with Gasteiger partial charge in [-0.1, -0.05) is 30.3 Å². The van der Waals surface area contributed by atoms with E-state index in [9.17, 15) is 4.79 Å². The molecule has 0 bridgehead atoms. The number of nitrogens with zero attached hydrogens (tertiary/aromatic N) is 3. The Morgan fingerprint density at radius 2 is 1.96 bits per heavy atom. The molecule has 0 unspecified atom stereocenters. The predicted octanol–water partition coefficient (Wildman–Crippen LogP) is 2.83. The Kier molecular flexibility index (Phi) is 5.30. The van der Waals surface area contributed by atoms with Crippen LogP contribution in [-0.2, 0) is 11.3 Å². The van der Waals surface area contributed by atoms with Gasteiger partial charge in [-0.25, -0.2) is 4.98 Å². The number of benzene rings is 2. The Bertz CT molecular complexity index is 928. The van der Waals surface area contributed by atoms with E-state index in [2.05, 4.69) is 10.3 Å². The van der Waals surface area contributed by atoms with Crippen LogP contribution in [0.1, 0.15) is 18.3 Å². The van der Waals surface area contributed by atoms with Crippen LogP contribution in [0.2, 0.25) is 0 Å². The predicted molar refractivity (Wildman–Crippen MR) is 96.7 cm³/mol. The third kappa shape index (κ3) is 3.90. The lowest BCUT2D eigenvalue weighted by atomic mass is 10.2. The molecule has 26 heavy (non-hydrogen) atoms. The largest absolute Gasteiger partial charge is 0.480 e. The molecule has 1 N–H and O–H groups in total. The topological polar surface area (TPSA) is 79.9 Å². The van der Waals surface area contributed by atoms with Gasteiger partial charge in [0.25, 0.3) is 5.91 Å². The monoisotopic (exact) mass is 346 g/mol. The van der Waals surface area contributed by atoms with Crippen molar-refractivity contribution in [3.63, 3.8) is 0 Å². The summed E-state index contributed by atoms with van der Waals surface area (Å²) in [5.74, 6) is 0.831. The molecule has 130 valence electrons.